The summed E-state index contributed by atoms with van der Waals surface area (Å²) < 4.78 is 0. The number of carbonyl (C=O) groups is 1. The van der Waals surface area contributed by atoms with Gasteiger partial charge in [0.15, 0.2) is 0 Å². The summed E-state index contributed by atoms with van der Waals surface area (Å²) in [5.41, 5.74) is 10.8. The number of piperidine rings is 1. The van der Waals surface area contributed by atoms with Crippen molar-refractivity contribution in [2.24, 2.45) is 11.7 Å². The van der Waals surface area contributed by atoms with Crippen LogP contribution in [0.15, 0.2) is 60.7 Å². The molecule has 2 aromatic carbocycles. The van der Waals surface area contributed by atoms with Gasteiger partial charge in [-0.1, -0.05) is 60.7 Å². The van der Waals surface area contributed by atoms with Crippen molar-refractivity contribution in [3.63, 3.8) is 0 Å². The number of aromatic amines is 1. The third-order valence-corrected chi connectivity index (χ3v) is 7.14. The Kier molecular flexibility index (Phi) is 16.1. The molecule has 5 rings (SSSR count). The summed E-state index contributed by atoms with van der Waals surface area (Å²) in [6, 6.07) is 20.5. The van der Waals surface area contributed by atoms with Crippen molar-refractivity contribution in [2.75, 3.05) is 25.4 Å². The van der Waals surface area contributed by atoms with Crippen molar-refractivity contribution < 1.29 is 15.4 Å². The van der Waals surface area contributed by atoms with Gasteiger partial charge in [-0.15, -0.1) is 0 Å². The summed E-state index contributed by atoms with van der Waals surface area (Å²) in [5.74, 6) is 8.73. The Hall–Kier alpha value is -3.63. The molecule has 0 aliphatic carbocycles. The number of rotatable bonds is 4. The van der Waals surface area contributed by atoms with Crippen LogP contribution in [0.25, 0.3) is 4.85 Å². The molecule has 224 valence electrons. The second-order valence-electron chi connectivity index (χ2n) is 9.67. The number of carbonyl (C=O) groups excluding carboxylic acids is 1. The Bertz CT molecular complexity index is 1180. The van der Waals surface area contributed by atoms with Crippen molar-refractivity contribution in [3.8, 4) is 0 Å². The Morgan fingerprint density at radius 3 is 1.95 bits per heavy atom. The number of Topliss-reactive ketones (excluding diaryl/α,β-unsaturated/α-hetero) is 1. The number of ketones is 1. The highest BCUT2D eigenvalue weighted by Gasteiger charge is 2.37. The number of nitrogen functional groups attached to an aromatic ring is 1. The number of aliphatic hydroxyl groups is 1. The summed E-state index contributed by atoms with van der Waals surface area (Å²) in [7, 11) is 0. The van der Waals surface area contributed by atoms with Gasteiger partial charge in [0, 0.05) is 50.8 Å². The van der Waals surface area contributed by atoms with E-state index in [1.165, 1.54) is 22.4 Å². The fraction of sp³-hybridized carbons (Fsp3) is 0.433. The van der Waals surface area contributed by atoms with E-state index in [2.05, 4.69) is 85.9 Å². The van der Waals surface area contributed by atoms with Crippen molar-refractivity contribution in [3.05, 3.63) is 94.5 Å². The number of anilines is 1. The van der Waals surface area contributed by atoms with Crippen LogP contribution < -0.4 is 17.4 Å². The number of likely N-dealkylation sites (tertiary alicyclic amines) is 1. The van der Waals surface area contributed by atoms with E-state index in [-0.39, 0.29) is 23.9 Å². The molecule has 1 fully saturated rings. The lowest BCUT2D eigenvalue weighted by molar-refractivity contribution is -0.127. The van der Waals surface area contributed by atoms with Gasteiger partial charge in [0.2, 0.25) is 5.78 Å². The molecule has 3 aromatic rings. The van der Waals surface area contributed by atoms with Crippen molar-refractivity contribution in [2.45, 2.75) is 64.8 Å². The topological polar surface area (TPSA) is 186 Å². The second kappa shape index (κ2) is 18.7. The number of nitrogens with one attached hydrogen (secondary N) is 1. The molecule has 1 saturated heterocycles. The summed E-state index contributed by atoms with van der Waals surface area (Å²) >= 11 is 0. The molecule has 0 amide bonds. The van der Waals surface area contributed by atoms with Crippen LogP contribution in [0.5, 0.6) is 0 Å². The van der Waals surface area contributed by atoms with Crippen LogP contribution in [0.2, 0.25) is 0 Å². The third-order valence-electron chi connectivity index (χ3n) is 7.14. The van der Waals surface area contributed by atoms with Gasteiger partial charge in [-0.05, 0) is 38.3 Å². The van der Waals surface area contributed by atoms with Crippen LogP contribution in [-0.2, 0) is 24.3 Å². The molecule has 1 aromatic heterocycles. The molecule has 0 radical (unpaired) electrons. The quantitative estimate of drug-likeness (QED) is 0.181. The molecule has 3 unspecified atom stereocenters. The Labute approximate surface area is 243 Å². The number of H-pyrrole nitrogens is 1. The van der Waals surface area contributed by atoms with Crippen molar-refractivity contribution in [1.82, 2.24) is 20.0 Å². The normalized spacial score (nSPS) is 19.8. The zero-order chi connectivity index (χ0) is 29.5. The number of nitrogens with zero attached hydrogens (tertiary/aromatic N) is 4. The minimum atomic E-state index is -0.419. The van der Waals surface area contributed by atoms with Crippen molar-refractivity contribution in [1.29, 1.82) is 0 Å². The van der Waals surface area contributed by atoms with Crippen LogP contribution >= 0.6 is 0 Å². The predicted molar refractivity (Wildman–Crippen MR) is 163 cm³/mol. The summed E-state index contributed by atoms with van der Waals surface area (Å²) in [6.07, 6.45) is 1.65. The number of hydrogen-bond acceptors (Lipinski definition) is 8. The Morgan fingerprint density at radius 2 is 1.46 bits per heavy atom. The van der Waals surface area contributed by atoms with E-state index in [0.717, 1.165) is 32.6 Å². The van der Waals surface area contributed by atoms with Gasteiger partial charge in [-0.3, -0.25) is 31.4 Å². The Morgan fingerprint density at radius 1 is 0.976 bits per heavy atom. The summed E-state index contributed by atoms with van der Waals surface area (Å²) in [5, 5.41) is 14.8. The van der Waals surface area contributed by atoms with E-state index < -0.39 is 6.04 Å². The third kappa shape index (κ3) is 10.1. The van der Waals surface area contributed by atoms with E-state index in [1.54, 1.807) is 6.92 Å². The summed E-state index contributed by atoms with van der Waals surface area (Å²) in [4.78, 5) is 19.9. The largest absolute Gasteiger partial charge is 0.412 e. The minimum absolute atomic E-state index is 0. The first-order valence-corrected chi connectivity index (χ1v) is 13.6. The SMILES string of the molecule is CC1c2[nH]nc(N)c2CCN1Cc1ccccc1.CCO.NN.O.[C-]#[N+]C1CCN(Cc2ccccc2)C(C)C1=O. The predicted octanol–water partition coefficient (Wildman–Crippen LogP) is 2.24. The molecule has 2 aliphatic heterocycles. The fourth-order valence-corrected chi connectivity index (χ4v) is 4.91. The zero-order valence-corrected chi connectivity index (χ0v) is 24.3. The van der Waals surface area contributed by atoms with Crippen LogP contribution in [-0.4, -0.2) is 68.1 Å². The van der Waals surface area contributed by atoms with E-state index in [0.29, 0.717) is 18.3 Å². The van der Waals surface area contributed by atoms with E-state index in [4.69, 9.17) is 17.4 Å². The van der Waals surface area contributed by atoms with E-state index >= 15 is 0 Å². The molecular formula is C30H46N8O3. The fourth-order valence-electron chi connectivity index (χ4n) is 4.91. The number of aromatic nitrogens is 2. The first kappa shape index (κ1) is 35.4. The maximum absolute atomic E-state index is 11.9. The van der Waals surface area contributed by atoms with Crippen LogP contribution in [0.1, 0.15) is 55.6 Å². The van der Waals surface area contributed by atoms with Gasteiger partial charge < -0.3 is 21.2 Å². The first-order valence-electron chi connectivity index (χ1n) is 13.6. The summed E-state index contributed by atoms with van der Waals surface area (Å²) in [6.45, 7) is 16.7. The number of benzene rings is 2. The molecule has 0 bridgehead atoms. The smallest absolute Gasteiger partial charge is 0.283 e. The monoisotopic (exact) mass is 566 g/mol. The van der Waals surface area contributed by atoms with Crippen LogP contribution in [0.4, 0.5) is 5.82 Å². The highest BCUT2D eigenvalue weighted by Crippen LogP contribution is 2.31. The highest BCUT2D eigenvalue weighted by atomic mass is 16.2. The lowest BCUT2D eigenvalue weighted by atomic mass is 9.96. The van der Waals surface area contributed by atoms with Gasteiger partial charge in [0.25, 0.3) is 6.04 Å². The molecule has 41 heavy (non-hydrogen) atoms. The molecule has 2 aliphatic rings. The molecule has 10 N–H and O–H groups in total. The second-order valence-corrected chi connectivity index (χ2v) is 9.67. The molecule has 11 nitrogen and oxygen atoms in total. The number of hydrazine groups is 1. The molecule has 3 heterocycles. The Balaban J connectivity index is 0.000000348. The maximum Gasteiger partial charge on any atom is 0.283 e. The number of fused-ring (bicyclic) bond motifs is 1. The first-order chi connectivity index (χ1) is 19.4. The number of aliphatic hydroxyl groups excluding tert-OH is 1. The number of nitrogens with two attached hydrogens (primary N) is 3. The average molecular weight is 567 g/mol. The van der Waals surface area contributed by atoms with Crippen molar-refractivity contribution >= 4 is 11.6 Å². The van der Waals surface area contributed by atoms with Crippen LogP contribution in [0, 0.1) is 6.57 Å². The van der Waals surface area contributed by atoms with Gasteiger partial charge >= 0.3 is 0 Å². The molecular weight excluding hydrogens is 520 g/mol. The molecule has 0 spiro atoms. The maximum atomic E-state index is 11.9. The van der Waals surface area contributed by atoms with Crippen LogP contribution in [0.3, 0.4) is 0 Å². The van der Waals surface area contributed by atoms with Gasteiger partial charge in [-0.25, -0.2) is 6.57 Å². The zero-order valence-electron chi connectivity index (χ0n) is 24.3. The lowest BCUT2D eigenvalue weighted by Gasteiger charge is -2.33. The molecule has 3 atom stereocenters. The average Bonchev–Trinajstić information content (AvgIpc) is 3.37. The number of hydrogen-bond donors (Lipinski definition) is 5. The minimum Gasteiger partial charge on any atom is -0.412 e. The lowest BCUT2D eigenvalue weighted by Crippen LogP contribution is -2.48. The standard InChI is InChI=1S/C14H18N4.C14H16N2O.C2H6O.H4N2.H2O/c1-10-13-12(14(15)17-16-13)7-8-18(10)9-11-5-3-2-4-6-11;1-11-14(17)13(15-2)8-9-16(11)10-12-6-4-3-5-7-12;1-2-3;1-2;/h2-6,10H,7-9H2,1H3,(H3,15,16,17);3-7,11,13H,8-10H2,1H3;3H,2H2,1H3;1-2H2;1H2. The van der Waals surface area contributed by atoms with Gasteiger partial charge in [0.1, 0.15) is 5.82 Å². The molecule has 0 saturated carbocycles. The van der Waals surface area contributed by atoms with Gasteiger partial charge in [0.05, 0.1) is 11.7 Å². The van der Waals surface area contributed by atoms with E-state index in [9.17, 15) is 4.79 Å². The van der Waals surface area contributed by atoms with E-state index in [1.807, 2.05) is 25.1 Å². The highest BCUT2D eigenvalue weighted by molar-refractivity contribution is 5.90. The van der Waals surface area contributed by atoms with Gasteiger partial charge in [-0.2, -0.15) is 5.10 Å². The molecule has 11 heteroatoms.